The first-order chi connectivity index (χ1) is 7.06. The molecule has 0 aliphatic carbocycles. The molecule has 0 aromatic heterocycles. The van der Waals surface area contributed by atoms with Gasteiger partial charge < -0.3 is 10.6 Å². The zero-order valence-electron chi connectivity index (χ0n) is 10.6. The van der Waals surface area contributed by atoms with Gasteiger partial charge in [-0.25, -0.2) is 0 Å². The van der Waals surface area contributed by atoms with Gasteiger partial charge in [0.15, 0.2) is 0 Å². The van der Waals surface area contributed by atoms with E-state index in [9.17, 15) is 4.79 Å². The van der Waals surface area contributed by atoms with Crippen molar-refractivity contribution in [2.75, 3.05) is 13.6 Å². The highest BCUT2D eigenvalue weighted by Gasteiger charge is 2.05. The molecule has 0 radical (unpaired) electrons. The Morgan fingerprint density at radius 1 is 1.20 bits per heavy atom. The highest BCUT2D eigenvalue weighted by Crippen LogP contribution is 2.05. The predicted molar refractivity (Wildman–Crippen MR) is 64.8 cm³/mol. The molecule has 0 aromatic carbocycles. The summed E-state index contributed by atoms with van der Waals surface area (Å²) in [5.74, 6) is 0.908. The van der Waals surface area contributed by atoms with E-state index in [1.807, 2.05) is 0 Å². The van der Waals surface area contributed by atoms with Crippen molar-refractivity contribution in [1.82, 2.24) is 10.6 Å². The summed E-state index contributed by atoms with van der Waals surface area (Å²) in [7, 11) is 1.68. The Morgan fingerprint density at radius 2 is 1.87 bits per heavy atom. The van der Waals surface area contributed by atoms with E-state index in [1.165, 1.54) is 19.3 Å². The fourth-order valence-electron chi connectivity index (χ4n) is 1.48. The van der Waals surface area contributed by atoms with E-state index in [0.717, 1.165) is 12.5 Å². The second-order valence-corrected chi connectivity index (χ2v) is 4.62. The van der Waals surface area contributed by atoms with Gasteiger partial charge in [-0.2, -0.15) is 0 Å². The Labute approximate surface area is 94.0 Å². The van der Waals surface area contributed by atoms with Crippen LogP contribution in [0.15, 0.2) is 0 Å². The zero-order chi connectivity index (χ0) is 11.7. The van der Waals surface area contributed by atoms with Gasteiger partial charge in [-0.1, -0.05) is 26.7 Å². The van der Waals surface area contributed by atoms with Gasteiger partial charge in [0.05, 0.1) is 0 Å². The third-order valence-electron chi connectivity index (χ3n) is 2.47. The first-order valence-electron chi connectivity index (χ1n) is 6.00. The standard InChI is InChI=1S/C12H26N2O/c1-10(2)7-5-6-8-14-11(3)9-12(15)13-4/h10-11,14H,5-9H2,1-4H3,(H,13,15). The van der Waals surface area contributed by atoms with E-state index in [0.29, 0.717) is 6.42 Å². The quantitative estimate of drug-likeness (QED) is 0.606. The van der Waals surface area contributed by atoms with E-state index in [4.69, 9.17) is 0 Å². The fourth-order valence-corrected chi connectivity index (χ4v) is 1.48. The van der Waals surface area contributed by atoms with Gasteiger partial charge in [0.1, 0.15) is 0 Å². The molecular formula is C12H26N2O. The number of carbonyl (C=O) groups is 1. The summed E-state index contributed by atoms with van der Waals surface area (Å²) in [5.41, 5.74) is 0. The van der Waals surface area contributed by atoms with Gasteiger partial charge in [-0.05, 0) is 25.8 Å². The Bertz CT molecular complexity index is 169. The average Bonchev–Trinajstić information content (AvgIpc) is 2.16. The normalized spacial score (nSPS) is 12.9. The van der Waals surface area contributed by atoms with Crippen molar-refractivity contribution in [3.63, 3.8) is 0 Å². The second kappa shape index (κ2) is 8.72. The van der Waals surface area contributed by atoms with E-state index in [1.54, 1.807) is 7.05 Å². The van der Waals surface area contributed by atoms with Crippen LogP contribution in [0.4, 0.5) is 0 Å². The van der Waals surface area contributed by atoms with Crippen molar-refractivity contribution in [2.45, 2.75) is 52.5 Å². The number of rotatable bonds is 8. The predicted octanol–water partition coefficient (Wildman–Crippen LogP) is 1.93. The maximum atomic E-state index is 11.0. The van der Waals surface area contributed by atoms with Gasteiger partial charge in [0, 0.05) is 19.5 Å². The van der Waals surface area contributed by atoms with E-state index < -0.39 is 0 Å². The summed E-state index contributed by atoms with van der Waals surface area (Å²) in [6.45, 7) is 7.58. The summed E-state index contributed by atoms with van der Waals surface area (Å²) in [6, 6.07) is 0.281. The summed E-state index contributed by atoms with van der Waals surface area (Å²) in [5, 5.41) is 5.99. The molecule has 0 aliphatic heterocycles. The maximum Gasteiger partial charge on any atom is 0.221 e. The molecule has 1 atom stereocenters. The molecule has 0 heterocycles. The average molecular weight is 214 g/mol. The first kappa shape index (κ1) is 14.4. The Balaban J connectivity index is 3.31. The lowest BCUT2D eigenvalue weighted by Gasteiger charge is -2.12. The zero-order valence-corrected chi connectivity index (χ0v) is 10.6. The van der Waals surface area contributed by atoms with Crippen LogP contribution in [0.2, 0.25) is 0 Å². The van der Waals surface area contributed by atoms with Crippen LogP contribution in [0.25, 0.3) is 0 Å². The topological polar surface area (TPSA) is 41.1 Å². The molecule has 0 bridgehead atoms. The molecule has 2 N–H and O–H groups in total. The minimum Gasteiger partial charge on any atom is -0.359 e. The molecule has 90 valence electrons. The van der Waals surface area contributed by atoms with Crippen LogP contribution in [-0.2, 0) is 4.79 Å². The van der Waals surface area contributed by atoms with Crippen molar-refractivity contribution >= 4 is 5.91 Å². The van der Waals surface area contributed by atoms with Gasteiger partial charge in [-0.15, -0.1) is 0 Å². The lowest BCUT2D eigenvalue weighted by molar-refractivity contribution is -0.121. The number of hydrogen-bond acceptors (Lipinski definition) is 2. The van der Waals surface area contributed by atoms with Crippen LogP contribution >= 0.6 is 0 Å². The molecule has 3 nitrogen and oxygen atoms in total. The molecule has 0 spiro atoms. The molecule has 0 saturated carbocycles. The minimum atomic E-state index is 0.109. The van der Waals surface area contributed by atoms with Crippen molar-refractivity contribution in [3.05, 3.63) is 0 Å². The van der Waals surface area contributed by atoms with Gasteiger partial charge in [0.25, 0.3) is 0 Å². The smallest absolute Gasteiger partial charge is 0.221 e. The Kier molecular flexibility index (Phi) is 8.38. The lowest BCUT2D eigenvalue weighted by atomic mass is 10.1. The summed E-state index contributed by atoms with van der Waals surface area (Å²) >= 11 is 0. The monoisotopic (exact) mass is 214 g/mol. The van der Waals surface area contributed by atoms with Crippen LogP contribution in [0.5, 0.6) is 0 Å². The number of unbranched alkanes of at least 4 members (excludes halogenated alkanes) is 1. The number of amides is 1. The lowest BCUT2D eigenvalue weighted by Crippen LogP contribution is -2.32. The molecule has 0 saturated heterocycles. The van der Waals surface area contributed by atoms with Crippen molar-refractivity contribution in [3.8, 4) is 0 Å². The summed E-state index contributed by atoms with van der Waals surface area (Å²) in [4.78, 5) is 11.0. The largest absolute Gasteiger partial charge is 0.359 e. The van der Waals surface area contributed by atoms with Crippen molar-refractivity contribution in [1.29, 1.82) is 0 Å². The van der Waals surface area contributed by atoms with Crippen LogP contribution in [0, 0.1) is 5.92 Å². The van der Waals surface area contributed by atoms with Crippen LogP contribution < -0.4 is 10.6 Å². The van der Waals surface area contributed by atoms with E-state index in [2.05, 4.69) is 31.4 Å². The SMILES string of the molecule is CNC(=O)CC(C)NCCCCC(C)C. The molecular weight excluding hydrogens is 188 g/mol. The summed E-state index contributed by atoms with van der Waals surface area (Å²) in [6.07, 6.45) is 4.35. The molecule has 0 aromatic rings. The van der Waals surface area contributed by atoms with Gasteiger partial charge in [0.2, 0.25) is 5.91 Å². The molecule has 0 aliphatic rings. The molecule has 1 unspecified atom stereocenters. The molecule has 0 rings (SSSR count). The fraction of sp³-hybridized carbons (Fsp3) is 0.917. The first-order valence-corrected chi connectivity index (χ1v) is 6.00. The highest BCUT2D eigenvalue weighted by molar-refractivity contribution is 5.76. The van der Waals surface area contributed by atoms with E-state index >= 15 is 0 Å². The van der Waals surface area contributed by atoms with Gasteiger partial charge in [-0.3, -0.25) is 4.79 Å². The van der Waals surface area contributed by atoms with E-state index in [-0.39, 0.29) is 11.9 Å². The summed E-state index contributed by atoms with van der Waals surface area (Å²) < 4.78 is 0. The Hall–Kier alpha value is -0.570. The number of carbonyl (C=O) groups excluding carboxylic acids is 1. The number of hydrogen-bond donors (Lipinski definition) is 2. The minimum absolute atomic E-state index is 0.109. The second-order valence-electron chi connectivity index (χ2n) is 4.62. The third kappa shape index (κ3) is 9.73. The van der Waals surface area contributed by atoms with Gasteiger partial charge >= 0.3 is 0 Å². The molecule has 15 heavy (non-hydrogen) atoms. The number of nitrogens with one attached hydrogen (secondary N) is 2. The molecule has 1 amide bonds. The van der Waals surface area contributed by atoms with Crippen LogP contribution in [0.1, 0.15) is 46.5 Å². The van der Waals surface area contributed by atoms with Crippen molar-refractivity contribution in [2.24, 2.45) is 5.92 Å². The maximum absolute atomic E-state index is 11.0. The van der Waals surface area contributed by atoms with Crippen LogP contribution in [0.3, 0.4) is 0 Å². The molecule has 3 heteroatoms. The third-order valence-corrected chi connectivity index (χ3v) is 2.47. The highest BCUT2D eigenvalue weighted by atomic mass is 16.1. The molecule has 0 fully saturated rings. The van der Waals surface area contributed by atoms with Crippen molar-refractivity contribution < 1.29 is 4.79 Å². The Morgan fingerprint density at radius 3 is 2.40 bits per heavy atom. The van der Waals surface area contributed by atoms with Crippen LogP contribution in [-0.4, -0.2) is 25.5 Å².